The molecule has 0 spiro atoms. The van der Waals surface area contributed by atoms with Crippen molar-refractivity contribution < 1.29 is 14.3 Å². The summed E-state index contributed by atoms with van der Waals surface area (Å²) in [4.78, 5) is 21.4. The second-order valence-electron chi connectivity index (χ2n) is 4.14. The summed E-state index contributed by atoms with van der Waals surface area (Å²) in [6, 6.07) is 1.74. The van der Waals surface area contributed by atoms with Gasteiger partial charge in [-0.25, -0.2) is 4.98 Å². The van der Waals surface area contributed by atoms with E-state index >= 15 is 0 Å². The average molecular weight is 267 g/mol. The van der Waals surface area contributed by atoms with E-state index in [1.165, 1.54) is 7.11 Å². The first-order chi connectivity index (χ1) is 9.17. The Morgan fingerprint density at radius 1 is 1.47 bits per heavy atom. The summed E-state index contributed by atoms with van der Waals surface area (Å²) < 4.78 is 10.0. The highest BCUT2D eigenvalue weighted by molar-refractivity contribution is 5.69. The van der Waals surface area contributed by atoms with E-state index in [1.54, 1.807) is 12.3 Å². The molecule has 19 heavy (non-hydrogen) atoms. The highest BCUT2D eigenvalue weighted by Crippen LogP contribution is 2.12. The number of ether oxygens (including phenoxy) is 2. The van der Waals surface area contributed by atoms with Gasteiger partial charge in [0.05, 0.1) is 13.7 Å². The fourth-order valence-corrected chi connectivity index (χ4v) is 1.47. The van der Waals surface area contributed by atoms with Crippen molar-refractivity contribution in [3.8, 4) is 5.88 Å². The third-order valence-electron chi connectivity index (χ3n) is 2.51. The van der Waals surface area contributed by atoms with Crippen LogP contribution in [-0.2, 0) is 9.53 Å². The van der Waals surface area contributed by atoms with E-state index in [2.05, 4.69) is 14.7 Å². The molecule has 106 valence electrons. The van der Waals surface area contributed by atoms with Gasteiger partial charge in [-0.15, -0.1) is 0 Å². The second kappa shape index (κ2) is 8.29. The monoisotopic (exact) mass is 267 g/mol. The Bertz CT molecular complexity index is 398. The quantitative estimate of drug-likeness (QED) is 0.667. The predicted molar refractivity (Wildman–Crippen MR) is 72.3 cm³/mol. The fourth-order valence-electron chi connectivity index (χ4n) is 1.47. The van der Waals surface area contributed by atoms with Crippen molar-refractivity contribution in [2.24, 2.45) is 0 Å². The first-order valence-corrected chi connectivity index (χ1v) is 6.41. The molecule has 1 rings (SSSR count). The van der Waals surface area contributed by atoms with Crippen LogP contribution in [0.1, 0.15) is 26.2 Å². The highest BCUT2D eigenvalue weighted by atomic mass is 16.5. The fraction of sp³-hybridized carbons (Fsp3) is 0.615. The second-order valence-corrected chi connectivity index (χ2v) is 4.14. The average Bonchev–Trinajstić information content (AvgIpc) is 2.45. The van der Waals surface area contributed by atoms with Crippen LogP contribution in [0.2, 0.25) is 0 Å². The summed E-state index contributed by atoms with van der Waals surface area (Å²) in [5.74, 6) is 0.972. The number of hydrogen-bond acceptors (Lipinski definition) is 6. The maximum atomic E-state index is 11.0. The molecule has 0 saturated carbocycles. The highest BCUT2D eigenvalue weighted by Gasteiger charge is 2.07. The topological polar surface area (TPSA) is 64.5 Å². The van der Waals surface area contributed by atoms with Crippen LogP contribution in [0.3, 0.4) is 0 Å². The molecule has 0 radical (unpaired) electrons. The van der Waals surface area contributed by atoms with E-state index in [9.17, 15) is 4.79 Å². The molecule has 0 aromatic carbocycles. The van der Waals surface area contributed by atoms with Crippen molar-refractivity contribution in [1.29, 1.82) is 0 Å². The van der Waals surface area contributed by atoms with E-state index in [0.717, 1.165) is 6.42 Å². The zero-order chi connectivity index (χ0) is 14.1. The van der Waals surface area contributed by atoms with Gasteiger partial charge in [0.15, 0.2) is 0 Å². The lowest BCUT2D eigenvalue weighted by atomic mass is 10.3. The largest absolute Gasteiger partial charge is 0.478 e. The number of nitrogens with zero attached hydrogens (tertiary/aromatic N) is 3. The number of hydrogen-bond donors (Lipinski definition) is 0. The van der Waals surface area contributed by atoms with E-state index in [-0.39, 0.29) is 5.97 Å². The molecule has 0 bridgehead atoms. The molecule has 0 aliphatic heterocycles. The SMILES string of the molecule is CCCOc1ccnc(N(C)CCCC(=O)OC)n1. The van der Waals surface area contributed by atoms with Gasteiger partial charge >= 0.3 is 5.97 Å². The summed E-state index contributed by atoms with van der Waals surface area (Å²) >= 11 is 0. The van der Waals surface area contributed by atoms with Gasteiger partial charge in [0.1, 0.15) is 0 Å². The maximum absolute atomic E-state index is 11.0. The molecule has 0 unspecified atom stereocenters. The zero-order valence-electron chi connectivity index (χ0n) is 11.8. The van der Waals surface area contributed by atoms with Crippen molar-refractivity contribution in [2.75, 3.05) is 32.2 Å². The molecule has 1 aromatic heterocycles. The van der Waals surface area contributed by atoms with Crippen molar-refractivity contribution in [2.45, 2.75) is 26.2 Å². The van der Waals surface area contributed by atoms with Crippen LogP contribution in [0.15, 0.2) is 12.3 Å². The third kappa shape index (κ3) is 5.54. The molecule has 1 aromatic rings. The minimum Gasteiger partial charge on any atom is -0.478 e. The maximum Gasteiger partial charge on any atom is 0.305 e. The van der Waals surface area contributed by atoms with E-state index in [4.69, 9.17) is 4.74 Å². The Labute approximate surface area is 113 Å². The summed E-state index contributed by atoms with van der Waals surface area (Å²) in [5, 5.41) is 0. The normalized spacial score (nSPS) is 10.1. The lowest BCUT2D eigenvalue weighted by Crippen LogP contribution is -2.22. The molecule has 0 amide bonds. The molecule has 1 heterocycles. The summed E-state index contributed by atoms with van der Waals surface area (Å²) in [6.07, 6.45) is 3.71. The molecular weight excluding hydrogens is 246 g/mol. The zero-order valence-corrected chi connectivity index (χ0v) is 11.8. The number of esters is 1. The van der Waals surface area contributed by atoms with E-state index < -0.39 is 0 Å². The molecule has 0 fully saturated rings. The summed E-state index contributed by atoms with van der Waals surface area (Å²) in [6.45, 7) is 3.37. The molecule has 0 saturated heterocycles. The van der Waals surface area contributed by atoms with Crippen molar-refractivity contribution >= 4 is 11.9 Å². The standard InChI is InChI=1S/C13H21N3O3/c1-4-10-19-11-7-8-14-13(15-11)16(2)9-5-6-12(17)18-3/h7-8H,4-6,9-10H2,1-3H3. The number of aromatic nitrogens is 2. The Hall–Kier alpha value is -1.85. The number of anilines is 1. The minimum atomic E-state index is -0.200. The van der Waals surface area contributed by atoms with Crippen molar-refractivity contribution in [1.82, 2.24) is 9.97 Å². The lowest BCUT2D eigenvalue weighted by Gasteiger charge is -2.16. The van der Waals surface area contributed by atoms with Gasteiger partial charge in [-0.3, -0.25) is 4.79 Å². The first kappa shape index (κ1) is 15.2. The predicted octanol–water partition coefficient (Wildman–Crippen LogP) is 1.65. The smallest absolute Gasteiger partial charge is 0.305 e. The number of carbonyl (C=O) groups excluding carboxylic acids is 1. The van der Waals surface area contributed by atoms with E-state index in [1.807, 2.05) is 18.9 Å². The van der Waals surface area contributed by atoms with Gasteiger partial charge in [0.2, 0.25) is 11.8 Å². The molecule has 0 aliphatic carbocycles. The van der Waals surface area contributed by atoms with Crippen molar-refractivity contribution in [3.05, 3.63) is 12.3 Å². The van der Waals surface area contributed by atoms with Crippen LogP contribution in [0, 0.1) is 0 Å². The van der Waals surface area contributed by atoms with Crippen LogP contribution in [0.5, 0.6) is 5.88 Å². The Balaban J connectivity index is 2.47. The molecule has 6 nitrogen and oxygen atoms in total. The van der Waals surface area contributed by atoms with Crippen LogP contribution in [-0.4, -0.2) is 43.2 Å². The van der Waals surface area contributed by atoms with Gasteiger partial charge in [0, 0.05) is 32.3 Å². The van der Waals surface area contributed by atoms with Gasteiger partial charge in [-0.2, -0.15) is 4.98 Å². The minimum absolute atomic E-state index is 0.200. The van der Waals surface area contributed by atoms with Gasteiger partial charge in [0.25, 0.3) is 0 Å². The molecule has 0 aliphatic rings. The molecule has 6 heteroatoms. The molecule has 0 atom stereocenters. The Morgan fingerprint density at radius 2 is 2.26 bits per heavy atom. The molecular formula is C13H21N3O3. The Kier molecular flexibility index (Phi) is 6.63. The molecule has 0 N–H and O–H groups in total. The lowest BCUT2D eigenvalue weighted by molar-refractivity contribution is -0.140. The number of rotatable bonds is 8. The number of methoxy groups -OCH3 is 1. The Morgan fingerprint density at radius 3 is 2.95 bits per heavy atom. The third-order valence-corrected chi connectivity index (χ3v) is 2.51. The van der Waals surface area contributed by atoms with Crippen LogP contribution >= 0.6 is 0 Å². The van der Waals surface area contributed by atoms with Gasteiger partial charge in [-0.05, 0) is 12.8 Å². The summed E-state index contributed by atoms with van der Waals surface area (Å²) in [7, 11) is 3.28. The summed E-state index contributed by atoms with van der Waals surface area (Å²) in [5.41, 5.74) is 0. The van der Waals surface area contributed by atoms with Crippen LogP contribution in [0.25, 0.3) is 0 Å². The van der Waals surface area contributed by atoms with Gasteiger partial charge < -0.3 is 14.4 Å². The van der Waals surface area contributed by atoms with Crippen LogP contribution < -0.4 is 9.64 Å². The van der Waals surface area contributed by atoms with Crippen LogP contribution in [0.4, 0.5) is 5.95 Å². The first-order valence-electron chi connectivity index (χ1n) is 6.41. The van der Waals surface area contributed by atoms with Crippen molar-refractivity contribution in [3.63, 3.8) is 0 Å². The van der Waals surface area contributed by atoms with Gasteiger partial charge in [-0.1, -0.05) is 6.92 Å². The number of carbonyl (C=O) groups is 1. The van der Waals surface area contributed by atoms with E-state index in [0.29, 0.717) is 37.8 Å².